The highest BCUT2D eigenvalue weighted by atomic mass is 35.5. The number of nitrogens with one attached hydrogen (secondary N) is 1. The SMILES string of the molecule is Cc1nc(OCCNC(=O)COc2ccc(Cl)cc2C)nc(N(C)C)n1. The van der Waals surface area contributed by atoms with Crippen LogP contribution in [0.4, 0.5) is 5.95 Å². The minimum absolute atomic E-state index is 0.0852. The summed E-state index contributed by atoms with van der Waals surface area (Å²) < 4.78 is 10.9. The molecule has 2 rings (SSSR count). The number of ether oxygens (including phenoxy) is 2. The van der Waals surface area contributed by atoms with Crippen molar-refractivity contribution in [3.8, 4) is 11.8 Å². The van der Waals surface area contributed by atoms with E-state index in [1.54, 1.807) is 30.0 Å². The lowest BCUT2D eigenvalue weighted by atomic mass is 10.2. The molecule has 0 saturated carbocycles. The molecule has 0 fully saturated rings. The Bertz CT molecular complexity index is 770. The van der Waals surface area contributed by atoms with E-state index in [1.165, 1.54) is 0 Å². The van der Waals surface area contributed by atoms with Gasteiger partial charge in [-0.1, -0.05) is 11.6 Å². The topological polar surface area (TPSA) is 89.5 Å². The van der Waals surface area contributed by atoms with E-state index in [9.17, 15) is 4.79 Å². The number of aromatic nitrogens is 3. The maximum absolute atomic E-state index is 11.8. The van der Waals surface area contributed by atoms with Crippen molar-refractivity contribution in [3.63, 3.8) is 0 Å². The van der Waals surface area contributed by atoms with Gasteiger partial charge in [0, 0.05) is 19.1 Å². The van der Waals surface area contributed by atoms with Gasteiger partial charge in [0.2, 0.25) is 5.95 Å². The lowest BCUT2D eigenvalue weighted by molar-refractivity contribution is -0.123. The Balaban J connectivity index is 1.73. The molecule has 0 spiro atoms. The normalized spacial score (nSPS) is 10.3. The Morgan fingerprint density at radius 1 is 1.19 bits per heavy atom. The second-order valence-corrected chi connectivity index (χ2v) is 6.19. The number of benzene rings is 1. The minimum Gasteiger partial charge on any atom is -0.484 e. The van der Waals surface area contributed by atoms with E-state index in [0.29, 0.717) is 29.1 Å². The van der Waals surface area contributed by atoms with Crippen LogP contribution in [0.25, 0.3) is 0 Å². The van der Waals surface area contributed by atoms with Crippen LogP contribution in [0.5, 0.6) is 11.8 Å². The lowest BCUT2D eigenvalue weighted by Gasteiger charge is -2.12. The first-order valence-corrected chi connectivity index (χ1v) is 8.41. The van der Waals surface area contributed by atoms with Crippen LogP contribution < -0.4 is 19.7 Å². The summed E-state index contributed by atoms with van der Waals surface area (Å²) in [5, 5.41) is 3.34. The van der Waals surface area contributed by atoms with Crippen molar-refractivity contribution in [1.29, 1.82) is 0 Å². The number of halogens is 1. The second kappa shape index (κ2) is 9.19. The Morgan fingerprint density at radius 2 is 1.96 bits per heavy atom. The fourth-order valence-electron chi connectivity index (χ4n) is 2.01. The fraction of sp³-hybridized carbons (Fsp3) is 0.412. The zero-order chi connectivity index (χ0) is 19.1. The van der Waals surface area contributed by atoms with Gasteiger partial charge in [-0.3, -0.25) is 4.79 Å². The Hall–Kier alpha value is -2.61. The number of carbonyl (C=O) groups is 1. The van der Waals surface area contributed by atoms with Gasteiger partial charge in [-0.15, -0.1) is 0 Å². The minimum atomic E-state index is -0.247. The summed E-state index contributed by atoms with van der Waals surface area (Å²) in [6.45, 7) is 4.09. The monoisotopic (exact) mass is 379 g/mol. The summed E-state index contributed by atoms with van der Waals surface area (Å²) in [4.78, 5) is 26.1. The van der Waals surface area contributed by atoms with Crippen molar-refractivity contribution >= 4 is 23.5 Å². The van der Waals surface area contributed by atoms with Gasteiger partial charge in [0.1, 0.15) is 18.2 Å². The number of anilines is 1. The summed E-state index contributed by atoms with van der Waals surface area (Å²) in [7, 11) is 3.67. The van der Waals surface area contributed by atoms with E-state index in [2.05, 4.69) is 20.3 Å². The predicted molar refractivity (Wildman–Crippen MR) is 99.1 cm³/mol. The van der Waals surface area contributed by atoms with Gasteiger partial charge < -0.3 is 19.7 Å². The van der Waals surface area contributed by atoms with Crippen LogP contribution in [0.15, 0.2) is 18.2 Å². The first-order chi connectivity index (χ1) is 12.3. The predicted octanol–water partition coefficient (Wildman–Crippen LogP) is 1.78. The molecule has 0 aliphatic rings. The van der Waals surface area contributed by atoms with Crippen LogP contribution in [0, 0.1) is 13.8 Å². The molecule has 1 amide bonds. The molecule has 1 N–H and O–H groups in total. The molecule has 8 nitrogen and oxygen atoms in total. The summed E-state index contributed by atoms with van der Waals surface area (Å²) >= 11 is 5.89. The molecule has 0 aliphatic heterocycles. The summed E-state index contributed by atoms with van der Waals surface area (Å²) in [6.07, 6.45) is 0. The molecule has 0 atom stereocenters. The van der Waals surface area contributed by atoms with E-state index < -0.39 is 0 Å². The average molecular weight is 380 g/mol. The Labute approximate surface area is 157 Å². The number of amides is 1. The molecule has 0 unspecified atom stereocenters. The third kappa shape index (κ3) is 6.03. The lowest BCUT2D eigenvalue weighted by Crippen LogP contribution is -2.32. The molecule has 0 bridgehead atoms. The van der Waals surface area contributed by atoms with E-state index in [4.69, 9.17) is 21.1 Å². The van der Waals surface area contributed by atoms with Gasteiger partial charge in [0.25, 0.3) is 5.91 Å². The van der Waals surface area contributed by atoms with Gasteiger partial charge >= 0.3 is 6.01 Å². The van der Waals surface area contributed by atoms with E-state index in [-0.39, 0.29) is 25.1 Å². The third-order valence-corrected chi connectivity index (χ3v) is 3.50. The number of hydrogen-bond donors (Lipinski definition) is 1. The van der Waals surface area contributed by atoms with Crippen LogP contribution >= 0.6 is 11.6 Å². The van der Waals surface area contributed by atoms with Gasteiger partial charge in [0.05, 0.1) is 6.54 Å². The molecule has 140 valence electrons. The summed E-state index contributed by atoms with van der Waals surface area (Å²) in [5.41, 5.74) is 0.871. The molecule has 1 heterocycles. The number of rotatable bonds is 8. The number of aryl methyl sites for hydroxylation is 2. The summed E-state index contributed by atoms with van der Waals surface area (Å²) in [5.74, 6) is 1.46. The van der Waals surface area contributed by atoms with Gasteiger partial charge in [-0.05, 0) is 37.6 Å². The third-order valence-electron chi connectivity index (χ3n) is 3.27. The Kier molecular flexibility index (Phi) is 6.97. The first-order valence-electron chi connectivity index (χ1n) is 8.03. The van der Waals surface area contributed by atoms with E-state index >= 15 is 0 Å². The van der Waals surface area contributed by atoms with Crippen molar-refractivity contribution in [2.75, 3.05) is 38.8 Å². The molecule has 1 aromatic carbocycles. The van der Waals surface area contributed by atoms with Crippen LogP contribution in [-0.2, 0) is 4.79 Å². The van der Waals surface area contributed by atoms with Crippen LogP contribution in [-0.4, -0.2) is 54.7 Å². The van der Waals surface area contributed by atoms with Crippen LogP contribution in [0.3, 0.4) is 0 Å². The maximum Gasteiger partial charge on any atom is 0.321 e. The number of nitrogens with zero attached hydrogens (tertiary/aromatic N) is 4. The van der Waals surface area contributed by atoms with E-state index in [0.717, 1.165) is 5.56 Å². The highest BCUT2D eigenvalue weighted by molar-refractivity contribution is 6.30. The molecule has 0 aliphatic carbocycles. The van der Waals surface area contributed by atoms with Crippen molar-refractivity contribution in [2.24, 2.45) is 0 Å². The van der Waals surface area contributed by atoms with Crippen molar-refractivity contribution in [3.05, 3.63) is 34.6 Å². The summed E-state index contributed by atoms with van der Waals surface area (Å²) in [6, 6.07) is 5.46. The van der Waals surface area contributed by atoms with Crippen LogP contribution in [0.1, 0.15) is 11.4 Å². The number of carbonyl (C=O) groups excluding carboxylic acids is 1. The molecule has 2 aromatic rings. The van der Waals surface area contributed by atoms with Gasteiger partial charge in [0.15, 0.2) is 6.61 Å². The highest BCUT2D eigenvalue weighted by Crippen LogP contribution is 2.21. The zero-order valence-electron chi connectivity index (χ0n) is 15.2. The van der Waals surface area contributed by atoms with Gasteiger partial charge in [-0.25, -0.2) is 0 Å². The second-order valence-electron chi connectivity index (χ2n) is 5.76. The molecular weight excluding hydrogens is 358 g/mol. The Morgan fingerprint density at radius 3 is 2.65 bits per heavy atom. The fourth-order valence-corrected chi connectivity index (χ4v) is 2.24. The smallest absolute Gasteiger partial charge is 0.321 e. The molecule has 1 aromatic heterocycles. The van der Waals surface area contributed by atoms with Crippen molar-refractivity contribution in [1.82, 2.24) is 20.3 Å². The first kappa shape index (κ1) is 19.7. The zero-order valence-corrected chi connectivity index (χ0v) is 16.0. The van der Waals surface area contributed by atoms with Crippen molar-refractivity contribution in [2.45, 2.75) is 13.8 Å². The molecule has 0 radical (unpaired) electrons. The largest absolute Gasteiger partial charge is 0.484 e. The van der Waals surface area contributed by atoms with E-state index in [1.807, 2.05) is 21.0 Å². The van der Waals surface area contributed by atoms with Gasteiger partial charge in [-0.2, -0.15) is 15.0 Å². The maximum atomic E-state index is 11.8. The van der Waals surface area contributed by atoms with Crippen molar-refractivity contribution < 1.29 is 14.3 Å². The quantitative estimate of drug-likeness (QED) is 0.699. The molecule has 0 saturated heterocycles. The highest BCUT2D eigenvalue weighted by Gasteiger charge is 2.08. The molecule has 9 heteroatoms. The standard InChI is InChI=1S/C17H22ClN5O3/c1-11-9-13(18)5-6-14(11)26-10-15(24)19-7-8-25-17-21-12(2)20-16(22-17)23(3)4/h5-6,9H,7-8,10H2,1-4H3,(H,19,24). The van der Waals surface area contributed by atoms with Crippen LogP contribution in [0.2, 0.25) is 5.02 Å². The number of hydrogen-bond acceptors (Lipinski definition) is 7. The molecule has 26 heavy (non-hydrogen) atoms. The molecular formula is C17H22ClN5O3. The average Bonchev–Trinajstić information content (AvgIpc) is 2.57.